The summed E-state index contributed by atoms with van der Waals surface area (Å²) in [6, 6.07) is 60.8. The van der Waals surface area contributed by atoms with Crippen molar-refractivity contribution >= 4 is 75.4 Å². The molecule has 0 radical (unpaired) electrons. The maximum atomic E-state index is 6.82. The summed E-state index contributed by atoms with van der Waals surface area (Å²) in [5, 5.41) is 6.61. The number of hydrogen-bond acceptors (Lipinski definition) is 6. The lowest BCUT2D eigenvalue weighted by molar-refractivity contribution is 0.669. The standard InChI is InChI=1S/C51H29N3O2S/c1-2-11-30(12-3-1)31-23-25-32(26-24-31)49-52-50(33-27-28-35-34-13-4-6-19-41(34)55-43(35)29-33)54-51(53-49)40-18-9-20-42-46(40)39-17-8-16-37(48(39)56-42)36-15-10-22-45-47(36)38-14-5-7-21-44(38)57-45/h1-29H. The average Bonchev–Trinajstić information content (AvgIpc) is 3.98. The van der Waals surface area contributed by atoms with Crippen molar-refractivity contribution in [1.29, 1.82) is 0 Å². The molecule has 0 saturated heterocycles. The van der Waals surface area contributed by atoms with Crippen LogP contribution >= 0.6 is 11.3 Å². The number of benzene rings is 8. The van der Waals surface area contributed by atoms with Gasteiger partial charge in [-0.15, -0.1) is 11.3 Å². The summed E-state index contributed by atoms with van der Waals surface area (Å²) in [6.45, 7) is 0. The smallest absolute Gasteiger partial charge is 0.164 e. The lowest BCUT2D eigenvalue weighted by Crippen LogP contribution is -2.00. The van der Waals surface area contributed by atoms with E-state index in [2.05, 4.69) is 133 Å². The molecule has 12 rings (SSSR count). The van der Waals surface area contributed by atoms with Crippen molar-refractivity contribution in [3.63, 3.8) is 0 Å². The van der Waals surface area contributed by atoms with Gasteiger partial charge in [0, 0.05) is 64.0 Å². The zero-order valence-electron chi connectivity index (χ0n) is 30.3. The molecule has 57 heavy (non-hydrogen) atoms. The number of nitrogens with zero attached hydrogens (tertiary/aromatic N) is 3. The average molecular weight is 748 g/mol. The maximum absolute atomic E-state index is 6.82. The highest BCUT2D eigenvalue weighted by Gasteiger charge is 2.21. The van der Waals surface area contributed by atoms with Crippen molar-refractivity contribution in [2.75, 3.05) is 0 Å². The first kappa shape index (κ1) is 31.9. The minimum atomic E-state index is 0.561. The van der Waals surface area contributed by atoms with Crippen molar-refractivity contribution in [3.8, 4) is 56.4 Å². The highest BCUT2D eigenvalue weighted by Crippen LogP contribution is 2.45. The minimum absolute atomic E-state index is 0.561. The van der Waals surface area contributed by atoms with Crippen molar-refractivity contribution in [1.82, 2.24) is 15.0 Å². The largest absolute Gasteiger partial charge is 0.456 e. The van der Waals surface area contributed by atoms with Crippen LogP contribution in [0, 0.1) is 0 Å². The van der Waals surface area contributed by atoms with Gasteiger partial charge in [0.2, 0.25) is 0 Å². The minimum Gasteiger partial charge on any atom is -0.456 e. The van der Waals surface area contributed by atoms with E-state index in [4.69, 9.17) is 23.8 Å². The predicted molar refractivity (Wildman–Crippen MR) is 234 cm³/mol. The summed E-state index contributed by atoms with van der Waals surface area (Å²) in [5.74, 6) is 1.71. The Morgan fingerprint density at radius 1 is 0.333 bits per heavy atom. The Labute approximate surface area is 330 Å². The van der Waals surface area contributed by atoms with Gasteiger partial charge in [-0.25, -0.2) is 15.0 Å². The molecule has 0 unspecified atom stereocenters. The Balaban J connectivity index is 1.06. The van der Waals surface area contributed by atoms with Gasteiger partial charge in [0.05, 0.1) is 0 Å². The molecule has 0 bridgehead atoms. The highest BCUT2D eigenvalue weighted by atomic mass is 32.1. The topological polar surface area (TPSA) is 65.0 Å². The van der Waals surface area contributed by atoms with Crippen LogP contribution in [-0.2, 0) is 0 Å². The summed E-state index contributed by atoms with van der Waals surface area (Å²) in [5.41, 5.74) is 10.3. The van der Waals surface area contributed by atoms with Crippen molar-refractivity contribution in [3.05, 3.63) is 176 Å². The van der Waals surface area contributed by atoms with E-state index in [0.717, 1.165) is 82.8 Å². The van der Waals surface area contributed by atoms with E-state index in [1.165, 1.54) is 20.2 Å². The molecule has 0 saturated carbocycles. The molecule has 0 N–H and O–H groups in total. The third kappa shape index (κ3) is 5.12. The zero-order chi connectivity index (χ0) is 37.5. The van der Waals surface area contributed by atoms with Crippen LogP contribution in [0.15, 0.2) is 185 Å². The molecule has 8 aromatic carbocycles. The van der Waals surface area contributed by atoms with Gasteiger partial charge in [-0.3, -0.25) is 0 Å². The van der Waals surface area contributed by atoms with Gasteiger partial charge in [-0.05, 0) is 53.1 Å². The van der Waals surface area contributed by atoms with E-state index >= 15 is 0 Å². The molecule has 266 valence electrons. The van der Waals surface area contributed by atoms with Crippen LogP contribution < -0.4 is 0 Å². The molecule has 0 fully saturated rings. The van der Waals surface area contributed by atoms with Gasteiger partial charge in [0.25, 0.3) is 0 Å². The Morgan fingerprint density at radius 2 is 0.930 bits per heavy atom. The van der Waals surface area contributed by atoms with Gasteiger partial charge in [-0.2, -0.15) is 0 Å². The lowest BCUT2D eigenvalue weighted by atomic mass is 9.97. The normalized spacial score (nSPS) is 11.9. The summed E-state index contributed by atoms with van der Waals surface area (Å²) >= 11 is 1.82. The SMILES string of the molecule is c1ccc(-c2ccc(-c3nc(-c4ccc5c(c4)oc4ccccc45)nc(-c4cccc5oc6c(-c7cccc8sc9ccccc9c78)cccc6c45)n3)cc2)cc1. The first-order valence-corrected chi connectivity index (χ1v) is 19.7. The fraction of sp³-hybridized carbons (Fsp3) is 0. The Kier molecular flexibility index (Phi) is 7.03. The van der Waals surface area contributed by atoms with E-state index in [-0.39, 0.29) is 0 Å². The first-order chi connectivity index (χ1) is 28.2. The van der Waals surface area contributed by atoms with Crippen molar-refractivity contribution < 1.29 is 8.83 Å². The Bertz CT molecular complexity index is 3530. The van der Waals surface area contributed by atoms with Crippen LogP contribution in [0.1, 0.15) is 0 Å². The number of para-hydroxylation sites is 2. The second-order valence-electron chi connectivity index (χ2n) is 14.3. The molecule has 4 heterocycles. The number of furan rings is 2. The molecule has 0 aliphatic heterocycles. The molecule has 5 nitrogen and oxygen atoms in total. The Morgan fingerprint density at radius 3 is 1.82 bits per heavy atom. The molecular weight excluding hydrogens is 719 g/mol. The third-order valence-electron chi connectivity index (χ3n) is 11.0. The van der Waals surface area contributed by atoms with E-state index in [0.29, 0.717) is 17.5 Å². The van der Waals surface area contributed by atoms with Gasteiger partial charge < -0.3 is 8.83 Å². The summed E-state index contributed by atoms with van der Waals surface area (Å²) < 4.78 is 15.7. The summed E-state index contributed by atoms with van der Waals surface area (Å²) in [6.07, 6.45) is 0. The third-order valence-corrected chi connectivity index (χ3v) is 12.1. The molecule has 0 aliphatic rings. The monoisotopic (exact) mass is 747 g/mol. The van der Waals surface area contributed by atoms with Crippen LogP contribution in [0.3, 0.4) is 0 Å². The molecule has 0 amide bonds. The second-order valence-corrected chi connectivity index (χ2v) is 15.4. The van der Waals surface area contributed by atoms with Gasteiger partial charge in [0.1, 0.15) is 22.3 Å². The van der Waals surface area contributed by atoms with Crippen LogP contribution in [0.5, 0.6) is 0 Å². The second kappa shape index (κ2) is 12.6. The van der Waals surface area contributed by atoms with Crippen LogP contribution in [0.4, 0.5) is 0 Å². The molecule has 6 heteroatoms. The summed E-state index contributed by atoms with van der Waals surface area (Å²) in [7, 11) is 0. The van der Waals surface area contributed by atoms with Crippen LogP contribution in [-0.4, -0.2) is 15.0 Å². The first-order valence-electron chi connectivity index (χ1n) is 18.9. The van der Waals surface area contributed by atoms with Gasteiger partial charge in [-0.1, -0.05) is 140 Å². The Hall–Kier alpha value is -7.41. The predicted octanol–water partition coefficient (Wildman–Crippen LogP) is 14.4. The molecule has 4 aromatic heterocycles. The molecule has 0 atom stereocenters. The van der Waals surface area contributed by atoms with E-state index in [9.17, 15) is 0 Å². The van der Waals surface area contributed by atoms with E-state index in [1.54, 1.807) is 0 Å². The number of rotatable bonds is 5. The van der Waals surface area contributed by atoms with Gasteiger partial charge >= 0.3 is 0 Å². The van der Waals surface area contributed by atoms with Gasteiger partial charge in [0.15, 0.2) is 17.5 Å². The lowest BCUT2D eigenvalue weighted by Gasteiger charge is -2.10. The fourth-order valence-corrected chi connectivity index (χ4v) is 9.44. The number of aromatic nitrogens is 3. The molecule has 0 aliphatic carbocycles. The van der Waals surface area contributed by atoms with Crippen molar-refractivity contribution in [2.24, 2.45) is 0 Å². The zero-order valence-corrected chi connectivity index (χ0v) is 31.1. The van der Waals surface area contributed by atoms with E-state index < -0.39 is 0 Å². The quantitative estimate of drug-likeness (QED) is 0.175. The number of fused-ring (bicyclic) bond motifs is 9. The van der Waals surface area contributed by atoms with E-state index in [1.807, 2.05) is 53.8 Å². The molecule has 0 spiro atoms. The number of thiophene rings is 1. The van der Waals surface area contributed by atoms with Crippen LogP contribution in [0.25, 0.3) is 120 Å². The van der Waals surface area contributed by atoms with Crippen molar-refractivity contribution in [2.45, 2.75) is 0 Å². The maximum Gasteiger partial charge on any atom is 0.164 e. The molecular formula is C51H29N3O2S. The molecule has 12 aromatic rings. The fourth-order valence-electron chi connectivity index (χ4n) is 8.31. The summed E-state index contributed by atoms with van der Waals surface area (Å²) in [4.78, 5) is 15.5. The van der Waals surface area contributed by atoms with Crippen LogP contribution in [0.2, 0.25) is 0 Å². The number of hydrogen-bond donors (Lipinski definition) is 0. The highest BCUT2D eigenvalue weighted by molar-refractivity contribution is 7.25.